The van der Waals surface area contributed by atoms with Gasteiger partial charge < -0.3 is 30.1 Å². The standard InChI is InChI=1S/C45H53N5O6/c1-6-13-30-24-39-33(22-27(30)3)42(34-23-28(4)35(46-7-2)25-40(34)56-39)31-14-8-9-15-32(31)43(53)47-26-41(52)48-19-11-17-37(48)44(54)50-21-12-18-38(50)45(55)49-20-10-16-36(49)29(5)51/h8-9,13-15,22-25,36-38,46H,6-7,10-12,16-21,26H2,1-5H3,(H,47,53). The molecule has 56 heavy (non-hydrogen) atoms. The minimum atomic E-state index is -0.707. The van der Waals surface area contributed by atoms with E-state index in [0.29, 0.717) is 68.8 Å². The van der Waals surface area contributed by atoms with Gasteiger partial charge in [-0.1, -0.05) is 31.2 Å². The van der Waals surface area contributed by atoms with E-state index in [1.165, 1.54) is 6.92 Å². The van der Waals surface area contributed by atoms with Crippen LogP contribution < -0.4 is 25.8 Å². The second-order valence-corrected chi connectivity index (χ2v) is 15.5. The molecule has 11 heteroatoms. The average molecular weight is 760 g/mol. The van der Waals surface area contributed by atoms with E-state index in [1.807, 2.05) is 24.3 Å². The number of carbonyl (C=O) groups excluding carboxylic acids is 5. The number of anilines is 1. The van der Waals surface area contributed by atoms with Crippen molar-refractivity contribution in [1.29, 1.82) is 0 Å². The highest BCUT2D eigenvalue weighted by Gasteiger charge is 2.45. The van der Waals surface area contributed by atoms with E-state index in [2.05, 4.69) is 62.6 Å². The zero-order valence-corrected chi connectivity index (χ0v) is 33.2. The first-order valence-electron chi connectivity index (χ1n) is 20.2. The lowest BCUT2D eigenvalue weighted by Gasteiger charge is -2.33. The van der Waals surface area contributed by atoms with E-state index in [-0.39, 0.29) is 30.0 Å². The molecule has 3 aromatic carbocycles. The normalized spacial score (nSPS) is 20.4. The molecule has 4 heterocycles. The number of hydrogen-bond donors (Lipinski definition) is 2. The number of aryl methyl sites for hydroxylation is 2. The lowest BCUT2D eigenvalue weighted by molar-refractivity contribution is -0.150. The van der Waals surface area contributed by atoms with Gasteiger partial charge in [-0.15, -0.1) is 0 Å². The molecule has 3 fully saturated rings. The van der Waals surface area contributed by atoms with Crippen LogP contribution in [0.15, 0.2) is 48.5 Å². The number of carbonyl (C=O) groups is 5. The Morgan fingerprint density at radius 1 is 0.768 bits per heavy atom. The minimum Gasteiger partial charge on any atom is -0.456 e. The Morgan fingerprint density at radius 2 is 1.41 bits per heavy atom. The summed E-state index contributed by atoms with van der Waals surface area (Å²) in [6.45, 7) is 11.6. The van der Waals surface area contributed by atoms with Crippen molar-refractivity contribution >= 4 is 46.7 Å². The fourth-order valence-corrected chi connectivity index (χ4v) is 9.02. The van der Waals surface area contributed by atoms with E-state index in [0.717, 1.165) is 63.3 Å². The van der Waals surface area contributed by atoms with Gasteiger partial charge in [0.05, 0.1) is 12.6 Å². The highest BCUT2D eigenvalue weighted by Crippen LogP contribution is 2.40. The van der Waals surface area contributed by atoms with Gasteiger partial charge in [-0.25, -0.2) is 0 Å². The third-order valence-corrected chi connectivity index (χ3v) is 11.8. The van der Waals surface area contributed by atoms with E-state index in [1.54, 1.807) is 20.8 Å². The largest absolute Gasteiger partial charge is 0.456 e. The zero-order chi connectivity index (χ0) is 39.7. The number of Topliss-reactive ketones (excluding diaryl/α,β-unsaturated/α-hetero) is 1. The molecule has 0 bridgehead atoms. The molecule has 4 aliphatic heterocycles. The van der Waals surface area contributed by atoms with Crippen LogP contribution in [0.2, 0.25) is 0 Å². The number of benzene rings is 3. The van der Waals surface area contributed by atoms with Crippen molar-refractivity contribution in [2.45, 2.75) is 97.7 Å². The van der Waals surface area contributed by atoms with Gasteiger partial charge in [-0.3, -0.25) is 24.0 Å². The van der Waals surface area contributed by atoms with Crippen molar-refractivity contribution in [3.63, 3.8) is 0 Å². The second-order valence-electron chi connectivity index (χ2n) is 15.5. The van der Waals surface area contributed by atoms with Crippen LogP contribution in [0.4, 0.5) is 5.69 Å². The van der Waals surface area contributed by atoms with Gasteiger partial charge in [-0.05, 0) is 119 Å². The van der Waals surface area contributed by atoms with Crippen molar-refractivity contribution in [3.05, 3.63) is 86.8 Å². The predicted octanol–water partition coefficient (Wildman–Crippen LogP) is 4.57. The summed E-state index contributed by atoms with van der Waals surface area (Å²) in [6.07, 6.45) is 6.83. The van der Waals surface area contributed by atoms with Crippen LogP contribution in [0.1, 0.15) is 98.3 Å². The monoisotopic (exact) mass is 759 g/mol. The lowest BCUT2D eigenvalue weighted by atomic mass is 9.88. The van der Waals surface area contributed by atoms with Gasteiger partial charge in [0, 0.05) is 59.9 Å². The molecule has 3 aromatic rings. The molecule has 11 nitrogen and oxygen atoms in total. The molecule has 0 aliphatic carbocycles. The topological polar surface area (TPSA) is 128 Å². The molecule has 2 N–H and O–H groups in total. The molecule has 0 aromatic heterocycles. The third kappa shape index (κ3) is 7.31. The molecule has 0 radical (unpaired) electrons. The molecule has 294 valence electrons. The SMILES string of the molecule is CCC=c1cc2c(cc1C)=C(c1ccccc1C(=O)NCC(=O)N1CCCC1C(=O)N1CCCC1C(=O)N1CCCC1C(C)=O)c1cc(C)c(NCC)cc1O2. The summed E-state index contributed by atoms with van der Waals surface area (Å²) in [5.41, 5.74) is 6.00. The first kappa shape index (κ1) is 38.8. The fourth-order valence-electron chi connectivity index (χ4n) is 9.02. The fraction of sp³-hybridized carbons (Fsp3) is 0.444. The summed E-state index contributed by atoms with van der Waals surface area (Å²) in [7, 11) is 0. The maximum atomic E-state index is 14.1. The number of amides is 4. The van der Waals surface area contributed by atoms with Gasteiger partial charge in [0.15, 0.2) is 5.78 Å². The zero-order valence-electron chi connectivity index (χ0n) is 33.2. The van der Waals surface area contributed by atoms with Crippen molar-refractivity contribution < 1.29 is 28.7 Å². The molecular formula is C45H53N5O6. The molecule has 4 amide bonds. The number of nitrogens with one attached hydrogen (secondary N) is 2. The average Bonchev–Trinajstić information content (AvgIpc) is 3.99. The predicted molar refractivity (Wildman–Crippen MR) is 216 cm³/mol. The molecule has 0 spiro atoms. The van der Waals surface area contributed by atoms with E-state index in [9.17, 15) is 24.0 Å². The summed E-state index contributed by atoms with van der Waals surface area (Å²) in [5, 5.41) is 8.28. The molecular weight excluding hydrogens is 707 g/mol. The highest BCUT2D eigenvalue weighted by atomic mass is 16.5. The van der Waals surface area contributed by atoms with Gasteiger partial charge in [0.2, 0.25) is 17.7 Å². The lowest BCUT2D eigenvalue weighted by Crippen LogP contribution is -2.55. The van der Waals surface area contributed by atoms with Crippen molar-refractivity contribution in [3.8, 4) is 11.5 Å². The van der Waals surface area contributed by atoms with Gasteiger partial charge in [0.25, 0.3) is 5.91 Å². The summed E-state index contributed by atoms with van der Waals surface area (Å²) in [6, 6.07) is 14.0. The molecule has 0 saturated carbocycles. The number of hydrogen-bond acceptors (Lipinski definition) is 7. The first-order valence-corrected chi connectivity index (χ1v) is 20.2. The Hall–Kier alpha value is -5.45. The van der Waals surface area contributed by atoms with Crippen LogP contribution in [0.5, 0.6) is 11.5 Å². The van der Waals surface area contributed by atoms with Gasteiger partial charge >= 0.3 is 0 Å². The van der Waals surface area contributed by atoms with Crippen LogP contribution in [-0.2, 0) is 19.2 Å². The van der Waals surface area contributed by atoms with E-state index < -0.39 is 24.0 Å². The van der Waals surface area contributed by atoms with Crippen LogP contribution in [0.25, 0.3) is 11.6 Å². The Morgan fingerprint density at radius 3 is 2.09 bits per heavy atom. The molecule has 3 saturated heterocycles. The maximum absolute atomic E-state index is 14.1. The number of nitrogens with zero attached hydrogens (tertiary/aromatic N) is 3. The molecule has 3 atom stereocenters. The summed E-state index contributed by atoms with van der Waals surface area (Å²) < 4.78 is 6.58. The quantitative estimate of drug-likeness (QED) is 0.243. The maximum Gasteiger partial charge on any atom is 0.252 e. The smallest absolute Gasteiger partial charge is 0.252 e. The highest BCUT2D eigenvalue weighted by molar-refractivity contribution is 6.03. The summed E-state index contributed by atoms with van der Waals surface area (Å²) >= 11 is 0. The van der Waals surface area contributed by atoms with Crippen molar-refractivity contribution in [1.82, 2.24) is 20.0 Å². The Kier molecular flexibility index (Phi) is 11.3. The van der Waals surface area contributed by atoms with Crippen LogP contribution >= 0.6 is 0 Å². The van der Waals surface area contributed by atoms with Crippen molar-refractivity contribution in [2.75, 3.05) is 38.0 Å². The van der Waals surface area contributed by atoms with E-state index in [4.69, 9.17) is 4.74 Å². The number of ether oxygens (including phenoxy) is 1. The minimum absolute atomic E-state index is 0.0338. The summed E-state index contributed by atoms with van der Waals surface area (Å²) in [4.78, 5) is 72.7. The molecule has 3 unspecified atom stereocenters. The first-order chi connectivity index (χ1) is 27.0. The Bertz CT molecular complexity index is 2210. The van der Waals surface area contributed by atoms with Gasteiger partial charge in [-0.2, -0.15) is 0 Å². The van der Waals surface area contributed by atoms with Crippen LogP contribution in [-0.4, -0.2) is 95.0 Å². The number of rotatable bonds is 10. The molecule has 7 rings (SSSR count). The number of ketones is 1. The van der Waals surface area contributed by atoms with E-state index >= 15 is 0 Å². The third-order valence-electron chi connectivity index (χ3n) is 11.8. The number of fused-ring (bicyclic) bond motifs is 2. The Labute approximate surface area is 328 Å². The summed E-state index contributed by atoms with van der Waals surface area (Å²) in [5.74, 6) is 0.206. The van der Waals surface area contributed by atoms with Crippen molar-refractivity contribution in [2.24, 2.45) is 0 Å². The second kappa shape index (κ2) is 16.3. The molecule has 4 aliphatic rings. The van der Waals surface area contributed by atoms with Crippen LogP contribution in [0, 0.1) is 13.8 Å². The Balaban J connectivity index is 1.13. The van der Waals surface area contributed by atoms with Crippen LogP contribution in [0.3, 0.4) is 0 Å². The number of likely N-dealkylation sites (tertiary alicyclic amines) is 3. The van der Waals surface area contributed by atoms with Gasteiger partial charge in [0.1, 0.15) is 23.6 Å².